The molecule has 122 valence electrons. The van der Waals surface area contributed by atoms with E-state index >= 15 is 0 Å². The van der Waals surface area contributed by atoms with E-state index < -0.39 is 0 Å². The van der Waals surface area contributed by atoms with Crippen LogP contribution in [-0.2, 0) is 17.6 Å². The first-order valence-corrected chi connectivity index (χ1v) is 8.12. The average molecular weight is 322 g/mol. The molecule has 0 atom stereocenters. The van der Waals surface area contributed by atoms with Gasteiger partial charge in [0.2, 0.25) is 6.41 Å². The number of nitrogens with zero attached hydrogens (tertiary/aromatic N) is 4. The van der Waals surface area contributed by atoms with E-state index in [1.165, 1.54) is 11.1 Å². The molecular formula is C18H18N4O2. The van der Waals surface area contributed by atoms with E-state index in [9.17, 15) is 4.79 Å². The van der Waals surface area contributed by atoms with Crippen molar-refractivity contribution in [1.82, 2.24) is 14.9 Å². The summed E-state index contributed by atoms with van der Waals surface area (Å²) in [5.41, 5.74) is 5.36. The summed E-state index contributed by atoms with van der Waals surface area (Å²) in [6.45, 7) is 4.97. The monoisotopic (exact) mass is 322 g/mol. The van der Waals surface area contributed by atoms with Crippen molar-refractivity contribution in [2.45, 2.75) is 25.7 Å². The fourth-order valence-corrected chi connectivity index (χ4v) is 3.48. The van der Waals surface area contributed by atoms with Crippen molar-refractivity contribution >= 4 is 24.7 Å². The lowest BCUT2D eigenvalue weighted by molar-refractivity contribution is -0.118. The summed E-state index contributed by atoms with van der Waals surface area (Å²) in [5, 5.41) is 0. The number of hydrogen-bond acceptors (Lipinski definition) is 5. The minimum atomic E-state index is 0.308. The van der Waals surface area contributed by atoms with Crippen LogP contribution >= 0.6 is 0 Å². The summed E-state index contributed by atoms with van der Waals surface area (Å²) in [6.07, 6.45) is 6.02. The van der Waals surface area contributed by atoms with Crippen LogP contribution in [0.4, 0.5) is 6.01 Å². The lowest BCUT2D eigenvalue weighted by Crippen LogP contribution is -2.29. The maximum Gasteiger partial charge on any atom is 0.321 e. The van der Waals surface area contributed by atoms with Crippen LogP contribution in [0.5, 0.6) is 0 Å². The standard InChI is InChI=1S/C18H18N4O2/c1-19-18-21-17-14(24-18)5-4-13-3-2-8-20-16(13)15(17)12-6-9-22(11-23)10-7-12/h2-3,8,11H,1,4-7,9-10H2. The number of pyridine rings is 1. The Bertz CT molecular complexity index is 827. The van der Waals surface area contributed by atoms with Gasteiger partial charge < -0.3 is 9.32 Å². The van der Waals surface area contributed by atoms with Gasteiger partial charge in [0.1, 0.15) is 11.5 Å². The zero-order valence-electron chi connectivity index (χ0n) is 13.4. The highest BCUT2D eigenvalue weighted by Crippen LogP contribution is 2.38. The van der Waals surface area contributed by atoms with E-state index in [2.05, 4.69) is 27.7 Å². The number of fused-ring (bicyclic) bond motifs is 2. The molecule has 1 aliphatic carbocycles. The first-order valence-electron chi connectivity index (χ1n) is 8.12. The molecular weight excluding hydrogens is 304 g/mol. The lowest BCUT2D eigenvalue weighted by atomic mass is 9.92. The molecule has 0 unspecified atom stereocenters. The molecule has 2 aliphatic rings. The molecule has 0 bridgehead atoms. The topological polar surface area (TPSA) is 71.6 Å². The Morgan fingerprint density at radius 3 is 2.79 bits per heavy atom. The Balaban J connectivity index is 1.89. The second kappa shape index (κ2) is 6.03. The summed E-state index contributed by atoms with van der Waals surface area (Å²) in [5.74, 6) is 0.843. The van der Waals surface area contributed by atoms with Crippen LogP contribution in [0.15, 0.2) is 33.3 Å². The summed E-state index contributed by atoms with van der Waals surface area (Å²) in [4.78, 5) is 25.8. The zero-order valence-corrected chi connectivity index (χ0v) is 13.4. The Morgan fingerprint density at radius 2 is 2.04 bits per heavy atom. The quantitative estimate of drug-likeness (QED) is 0.629. The average Bonchev–Trinajstić information content (AvgIpc) is 2.98. The molecule has 2 aromatic heterocycles. The van der Waals surface area contributed by atoms with Crippen molar-refractivity contribution in [3.05, 3.63) is 46.6 Å². The predicted molar refractivity (Wildman–Crippen MR) is 90.3 cm³/mol. The van der Waals surface area contributed by atoms with Crippen molar-refractivity contribution in [2.75, 3.05) is 13.1 Å². The molecule has 0 saturated carbocycles. The highest BCUT2D eigenvalue weighted by atomic mass is 16.4. The van der Waals surface area contributed by atoms with E-state index in [1.54, 1.807) is 4.90 Å². The van der Waals surface area contributed by atoms with Crippen LogP contribution in [0.1, 0.15) is 35.6 Å². The Kier molecular flexibility index (Phi) is 3.72. The number of aromatic nitrogens is 2. The summed E-state index contributed by atoms with van der Waals surface area (Å²) in [6, 6.07) is 4.39. The molecule has 2 aromatic rings. The molecule has 1 amide bonds. The Hall–Kier alpha value is -2.76. The second-order valence-corrected chi connectivity index (χ2v) is 6.06. The highest BCUT2D eigenvalue weighted by molar-refractivity contribution is 5.82. The van der Waals surface area contributed by atoms with Crippen LogP contribution in [0.2, 0.25) is 0 Å². The van der Waals surface area contributed by atoms with E-state index in [4.69, 9.17) is 4.42 Å². The third kappa shape index (κ3) is 2.44. The molecule has 0 spiro atoms. The molecule has 0 N–H and O–H groups in total. The number of carbonyl (C=O) groups excluding carboxylic acids is 1. The molecule has 3 heterocycles. The van der Waals surface area contributed by atoms with Crippen LogP contribution in [0.3, 0.4) is 0 Å². The number of hydrogen-bond donors (Lipinski definition) is 0. The second-order valence-electron chi connectivity index (χ2n) is 6.06. The number of aliphatic imine (C=N–C) groups is 1. The predicted octanol–water partition coefficient (Wildman–Crippen LogP) is 2.55. The van der Waals surface area contributed by atoms with Crippen LogP contribution < -0.4 is 0 Å². The SMILES string of the molecule is C=Nc1nc2c(o1)CCc1cccnc1C2=C1CCN(C=O)CC1. The molecule has 4 rings (SSSR count). The van der Waals surface area contributed by atoms with Gasteiger partial charge in [0.05, 0.1) is 5.69 Å². The number of carbonyl (C=O) groups is 1. The van der Waals surface area contributed by atoms with Crippen molar-refractivity contribution in [3.63, 3.8) is 0 Å². The number of amides is 1. The summed E-state index contributed by atoms with van der Waals surface area (Å²) in [7, 11) is 0. The van der Waals surface area contributed by atoms with Gasteiger partial charge in [-0.1, -0.05) is 11.6 Å². The minimum Gasteiger partial charge on any atom is -0.426 e. The Labute approximate surface area is 139 Å². The molecule has 6 nitrogen and oxygen atoms in total. The number of oxazole rings is 1. The number of aryl methyl sites for hydroxylation is 2. The summed E-state index contributed by atoms with van der Waals surface area (Å²) >= 11 is 0. The third-order valence-corrected chi connectivity index (χ3v) is 4.71. The van der Waals surface area contributed by atoms with E-state index in [1.807, 2.05) is 12.3 Å². The fourth-order valence-electron chi connectivity index (χ4n) is 3.48. The smallest absolute Gasteiger partial charge is 0.321 e. The number of rotatable bonds is 2. The van der Waals surface area contributed by atoms with Crippen LogP contribution in [0, 0.1) is 0 Å². The van der Waals surface area contributed by atoms with Crippen molar-refractivity contribution in [2.24, 2.45) is 4.99 Å². The molecule has 6 heteroatoms. The van der Waals surface area contributed by atoms with Crippen molar-refractivity contribution in [1.29, 1.82) is 0 Å². The van der Waals surface area contributed by atoms with Crippen LogP contribution in [0.25, 0.3) is 5.57 Å². The van der Waals surface area contributed by atoms with Gasteiger partial charge >= 0.3 is 6.01 Å². The zero-order chi connectivity index (χ0) is 16.5. The van der Waals surface area contributed by atoms with Crippen LogP contribution in [-0.4, -0.2) is 41.1 Å². The summed E-state index contributed by atoms with van der Waals surface area (Å²) < 4.78 is 5.76. The van der Waals surface area contributed by atoms with E-state index in [-0.39, 0.29) is 0 Å². The lowest BCUT2D eigenvalue weighted by Gasteiger charge is -2.26. The molecule has 1 fully saturated rings. The maximum atomic E-state index is 11.0. The first kappa shape index (κ1) is 14.8. The van der Waals surface area contributed by atoms with Crippen molar-refractivity contribution < 1.29 is 9.21 Å². The van der Waals surface area contributed by atoms with Gasteiger partial charge in [-0.15, -0.1) is 0 Å². The molecule has 24 heavy (non-hydrogen) atoms. The largest absolute Gasteiger partial charge is 0.426 e. The van der Waals surface area contributed by atoms with Gasteiger partial charge in [0, 0.05) is 31.3 Å². The molecule has 0 radical (unpaired) electrons. The van der Waals surface area contributed by atoms with E-state index in [0.717, 1.165) is 67.9 Å². The van der Waals surface area contributed by atoms with Gasteiger partial charge in [-0.3, -0.25) is 9.78 Å². The Morgan fingerprint density at radius 1 is 1.21 bits per heavy atom. The van der Waals surface area contributed by atoms with Crippen molar-refractivity contribution in [3.8, 4) is 0 Å². The number of likely N-dealkylation sites (tertiary alicyclic amines) is 1. The number of piperidine rings is 1. The fraction of sp³-hybridized carbons (Fsp3) is 0.333. The third-order valence-electron chi connectivity index (χ3n) is 4.71. The highest BCUT2D eigenvalue weighted by Gasteiger charge is 2.28. The van der Waals surface area contributed by atoms with Gasteiger partial charge in [-0.05, 0) is 37.6 Å². The molecule has 1 aliphatic heterocycles. The minimum absolute atomic E-state index is 0.308. The normalized spacial score (nSPS) is 17.1. The first-order chi connectivity index (χ1) is 11.8. The van der Waals surface area contributed by atoms with Gasteiger partial charge in [-0.25, -0.2) is 4.99 Å². The van der Waals surface area contributed by atoms with Gasteiger partial charge in [0.25, 0.3) is 0 Å². The van der Waals surface area contributed by atoms with E-state index in [0.29, 0.717) is 6.01 Å². The van der Waals surface area contributed by atoms with Gasteiger partial charge in [-0.2, -0.15) is 4.98 Å². The maximum absolute atomic E-state index is 11.0. The molecule has 1 saturated heterocycles. The van der Waals surface area contributed by atoms with Gasteiger partial charge in [0.15, 0.2) is 0 Å². The molecule has 0 aromatic carbocycles.